The highest BCUT2D eigenvalue weighted by Gasteiger charge is 2.05. The first-order chi connectivity index (χ1) is 9.67. The molecule has 0 aliphatic carbocycles. The zero-order valence-electron chi connectivity index (χ0n) is 12.6. The van der Waals surface area contributed by atoms with E-state index >= 15 is 0 Å². The van der Waals surface area contributed by atoms with Gasteiger partial charge in [0.15, 0.2) is 5.96 Å². The van der Waals surface area contributed by atoms with Gasteiger partial charge in [-0.15, -0.1) is 6.58 Å². The van der Waals surface area contributed by atoms with E-state index in [9.17, 15) is 0 Å². The minimum atomic E-state index is 0.512. The molecule has 0 saturated carbocycles. The molecule has 110 valence electrons. The van der Waals surface area contributed by atoms with Gasteiger partial charge >= 0.3 is 0 Å². The minimum absolute atomic E-state index is 0.512. The predicted molar refractivity (Wildman–Crippen MR) is 85.2 cm³/mol. The SMILES string of the molecule is C=CCNC(=NC)NCc1ccccc1OCC(C)C. The highest BCUT2D eigenvalue weighted by atomic mass is 16.5. The zero-order chi connectivity index (χ0) is 14.8. The van der Waals surface area contributed by atoms with Crippen LogP contribution in [0.2, 0.25) is 0 Å². The maximum Gasteiger partial charge on any atom is 0.191 e. The molecule has 4 nitrogen and oxygen atoms in total. The number of guanidine groups is 1. The fraction of sp³-hybridized carbons (Fsp3) is 0.438. The molecule has 0 aliphatic rings. The molecule has 0 radical (unpaired) electrons. The van der Waals surface area contributed by atoms with Crippen LogP contribution in [0.3, 0.4) is 0 Å². The van der Waals surface area contributed by atoms with Gasteiger partial charge in [-0.05, 0) is 12.0 Å². The van der Waals surface area contributed by atoms with Crippen LogP contribution < -0.4 is 15.4 Å². The Hall–Kier alpha value is -1.97. The molecule has 0 aliphatic heterocycles. The van der Waals surface area contributed by atoms with Crippen molar-refractivity contribution < 1.29 is 4.74 Å². The first-order valence-electron chi connectivity index (χ1n) is 6.93. The number of hydrogen-bond donors (Lipinski definition) is 2. The molecule has 4 heteroatoms. The number of para-hydroxylation sites is 1. The monoisotopic (exact) mass is 275 g/mol. The number of nitrogens with zero attached hydrogens (tertiary/aromatic N) is 1. The highest BCUT2D eigenvalue weighted by Crippen LogP contribution is 2.18. The summed E-state index contributed by atoms with van der Waals surface area (Å²) in [5, 5.41) is 6.40. The molecule has 0 fully saturated rings. The van der Waals surface area contributed by atoms with E-state index in [0.29, 0.717) is 19.0 Å². The Morgan fingerprint density at radius 1 is 1.35 bits per heavy atom. The van der Waals surface area contributed by atoms with E-state index < -0.39 is 0 Å². The smallest absolute Gasteiger partial charge is 0.191 e. The van der Waals surface area contributed by atoms with Gasteiger partial charge in [-0.1, -0.05) is 38.1 Å². The predicted octanol–water partition coefficient (Wildman–Crippen LogP) is 2.57. The van der Waals surface area contributed by atoms with Crippen LogP contribution in [0.15, 0.2) is 41.9 Å². The quantitative estimate of drug-likeness (QED) is 0.457. The Balaban J connectivity index is 2.60. The van der Waals surface area contributed by atoms with E-state index in [-0.39, 0.29) is 0 Å². The second kappa shape index (κ2) is 9.02. The van der Waals surface area contributed by atoms with E-state index in [1.165, 1.54) is 0 Å². The first kappa shape index (κ1) is 16.1. The second-order valence-corrected chi connectivity index (χ2v) is 4.91. The molecule has 1 rings (SSSR count). The summed E-state index contributed by atoms with van der Waals surface area (Å²) in [7, 11) is 1.75. The van der Waals surface area contributed by atoms with Gasteiger partial charge in [0.05, 0.1) is 6.61 Å². The number of nitrogens with one attached hydrogen (secondary N) is 2. The van der Waals surface area contributed by atoms with Crippen LogP contribution in [-0.4, -0.2) is 26.2 Å². The zero-order valence-corrected chi connectivity index (χ0v) is 12.6. The summed E-state index contributed by atoms with van der Waals surface area (Å²) < 4.78 is 5.83. The third kappa shape index (κ3) is 5.78. The lowest BCUT2D eigenvalue weighted by Gasteiger charge is -2.15. The van der Waals surface area contributed by atoms with Crippen LogP contribution in [0.1, 0.15) is 19.4 Å². The van der Waals surface area contributed by atoms with Crippen molar-refractivity contribution in [2.75, 3.05) is 20.2 Å². The maximum atomic E-state index is 5.83. The average molecular weight is 275 g/mol. The van der Waals surface area contributed by atoms with Gasteiger partial charge in [0.25, 0.3) is 0 Å². The van der Waals surface area contributed by atoms with Gasteiger partial charge in [-0.3, -0.25) is 4.99 Å². The molecule has 0 heterocycles. The molecule has 0 bridgehead atoms. The van der Waals surface area contributed by atoms with Gasteiger partial charge in [-0.2, -0.15) is 0 Å². The summed E-state index contributed by atoms with van der Waals surface area (Å²) in [5.41, 5.74) is 1.12. The summed E-state index contributed by atoms with van der Waals surface area (Å²) in [6.07, 6.45) is 1.80. The van der Waals surface area contributed by atoms with Crippen LogP contribution in [-0.2, 0) is 6.54 Å². The molecule has 0 spiro atoms. The molecular formula is C16H25N3O. The first-order valence-corrected chi connectivity index (χ1v) is 6.93. The normalized spacial score (nSPS) is 11.3. The molecular weight excluding hydrogens is 250 g/mol. The topological polar surface area (TPSA) is 45.7 Å². The van der Waals surface area contributed by atoms with Crippen molar-refractivity contribution in [1.29, 1.82) is 0 Å². The van der Waals surface area contributed by atoms with Gasteiger partial charge in [0, 0.05) is 25.7 Å². The Morgan fingerprint density at radius 3 is 2.75 bits per heavy atom. The van der Waals surface area contributed by atoms with E-state index in [1.807, 2.05) is 18.2 Å². The Morgan fingerprint density at radius 2 is 2.10 bits per heavy atom. The minimum Gasteiger partial charge on any atom is -0.493 e. The largest absolute Gasteiger partial charge is 0.493 e. The Bertz CT molecular complexity index is 441. The second-order valence-electron chi connectivity index (χ2n) is 4.91. The summed E-state index contributed by atoms with van der Waals surface area (Å²) in [6, 6.07) is 8.06. The van der Waals surface area contributed by atoms with Crippen LogP contribution in [0, 0.1) is 5.92 Å². The molecule has 0 unspecified atom stereocenters. The lowest BCUT2D eigenvalue weighted by Crippen LogP contribution is -2.36. The van der Waals surface area contributed by atoms with E-state index in [4.69, 9.17) is 4.74 Å². The van der Waals surface area contributed by atoms with Gasteiger partial charge in [0.2, 0.25) is 0 Å². The molecule has 2 N–H and O–H groups in total. The molecule has 1 aromatic rings. The number of ether oxygens (including phenoxy) is 1. The van der Waals surface area contributed by atoms with E-state index in [2.05, 4.69) is 42.1 Å². The summed E-state index contributed by atoms with van der Waals surface area (Å²) in [5.74, 6) is 2.19. The van der Waals surface area contributed by atoms with E-state index in [0.717, 1.165) is 23.9 Å². The van der Waals surface area contributed by atoms with Crippen molar-refractivity contribution in [1.82, 2.24) is 10.6 Å². The van der Waals surface area contributed by atoms with Crippen LogP contribution in [0.4, 0.5) is 0 Å². The lowest BCUT2D eigenvalue weighted by atomic mass is 10.2. The van der Waals surface area contributed by atoms with Crippen molar-refractivity contribution in [3.63, 3.8) is 0 Å². The van der Waals surface area contributed by atoms with Crippen LogP contribution >= 0.6 is 0 Å². The fourth-order valence-electron chi connectivity index (χ4n) is 1.62. The fourth-order valence-corrected chi connectivity index (χ4v) is 1.62. The van der Waals surface area contributed by atoms with Crippen LogP contribution in [0.25, 0.3) is 0 Å². The average Bonchev–Trinajstić information content (AvgIpc) is 2.46. The molecule has 0 aromatic heterocycles. The van der Waals surface area contributed by atoms with Gasteiger partial charge in [0.1, 0.15) is 5.75 Å². The molecule has 0 saturated heterocycles. The maximum absolute atomic E-state index is 5.83. The Kier molecular flexibility index (Phi) is 7.25. The molecule has 0 atom stereocenters. The van der Waals surface area contributed by atoms with Crippen molar-refractivity contribution in [3.05, 3.63) is 42.5 Å². The number of rotatable bonds is 7. The Labute approximate surface area is 121 Å². The summed E-state index contributed by atoms with van der Waals surface area (Å²) >= 11 is 0. The van der Waals surface area contributed by atoms with Crippen molar-refractivity contribution in [3.8, 4) is 5.75 Å². The van der Waals surface area contributed by atoms with Gasteiger partial charge < -0.3 is 15.4 Å². The van der Waals surface area contributed by atoms with Crippen molar-refractivity contribution in [2.45, 2.75) is 20.4 Å². The van der Waals surface area contributed by atoms with Gasteiger partial charge in [-0.25, -0.2) is 0 Å². The van der Waals surface area contributed by atoms with Crippen LogP contribution in [0.5, 0.6) is 5.75 Å². The number of aliphatic imine (C=N–C) groups is 1. The van der Waals surface area contributed by atoms with Crippen molar-refractivity contribution >= 4 is 5.96 Å². The van der Waals surface area contributed by atoms with E-state index in [1.54, 1.807) is 13.1 Å². The molecule has 0 amide bonds. The summed E-state index contributed by atoms with van der Waals surface area (Å²) in [4.78, 5) is 4.15. The summed E-state index contributed by atoms with van der Waals surface area (Å²) in [6.45, 7) is 10.0. The highest BCUT2D eigenvalue weighted by molar-refractivity contribution is 5.79. The lowest BCUT2D eigenvalue weighted by molar-refractivity contribution is 0.268. The number of benzene rings is 1. The third-order valence-corrected chi connectivity index (χ3v) is 2.63. The number of hydrogen-bond acceptors (Lipinski definition) is 2. The third-order valence-electron chi connectivity index (χ3n) is 2.63. The molecule has 1 aromatic carbocycles. The molecule has 20 heavy (non-hydrogen) atoms. The van der Waals surface area contributed by atoms with Crippen molar-refractivity contribution in [2.24, 2.45) is 10.9 Å². The standard InChI is InChI=1S/C16H25N3O/c1-5-10-18-16(17-4)19-11-14-8-6-7-9-15(14)20-12-13(2)3/h5-9,13H,1,10-12H2,2-4H3,(H2,17,18,19).